The van der Waals surface area contributed by atoms with Crippen LogP contribution in [0.3, 0.4) is 0 Å². The molecule has 1 saturated carbocycles. The van der Waals surface area contributed by atoms with Gasteiger partial charge in [-0.25, -0.2) is 18.7 Å². The van der Waals surface area contributed by atoms with Gasteiger partial charge in [0.15, 0.2) is 5.75 Å². The molecule has 10 heteroatoms. The predicted molar refractivity (Wildman–Crippen MR) is 132 cm³/mol. The summed E-state index contributed by atoms with van der Waals surface area (Å²) in [7, 11) is 0. The van der Waals surface area contributed by atoms with E-state index in [2.05, 4.69) is 14.9 Å². The summed E-state index contributed by atoms with van der Waals surface area (Å²) in [6.45, 7) is 5.22. The monoisotopic (exact) mass is 516 g/mol. The molecule has 3 heterocycles. The Morgan fingerprint density at radius 3 is 2.38 bits per heavy atom. The molecule has 0 bridgehead atoms. The van der Waals surface area contributed by atoms with E-state index in [4.69, 9.17) is 9.47 Å². The normalized spacial score (nSPS) is 22.1. The first kappa shape index (κ1) is 25.6. The van der Waals surface area contributed by atoms with Crippen LogP contribution in [0.5, 0.6) is 11.5 Å². The van der Waals surface area contributed by atoms with Gasteiger partial charge in [-0.1, -0.05) is 0 Å². The molecule has 0 radical (unpaired) electrons. The summed E-state index contributed by atoms with van der Waals surface area (Å²) in [6, 6.07) is 2.31. The number of likely N-dealkylation sites (tertiary alicyclic amines) is 1. The zero-order valence-electron chi connectivity index (χ0n) is 21.1. The van der Waals surface area contributed by atoms with E-state index in [-0.39, 0.29) is 30.8 Å². The van der Waals surface area contributed by atoms with Crippen LogP contribution in [-0.2, 0) is 11.2 Å². The topological polar surface area (TPSA) is 88.0 Å². The third-order valence-corrected chi connectivity index (χ3v) is 7.75. The van der Waals surface area contributed by atoms with Gasteiger partial charge in [-0.3, -0.25) is 4.79 Å². The number of carbonyl (C=O) groups is 1. The Kier molecular flexibility index (Phi) is 7.73. The fraction of sp³-hybridized carbons (Fsp3) is 0.593. The Morgan fingerprint density at radius 2 is 1.76 bits per heavy atom. The number of β-amino-alcohol motifs (C(OH)–C–C–N with tert-alkyl or cyclic N) is 1. The molecule has 2 aliphatic heterocycles. The molecule has 2 saturated heterocycles. The molecule has 1 aromatic carbocycles. The van der Waals surface area contributed by atoms with Crippen molar-refractivity contribution in [2.24, 2.45) is 17.8 Å². The highest BCUT2D eigenvalue weighted by molar-refractivity contribution is 5.79. The highest BCUT2D eigenvalue weighted by Gasteiger charge is 2.43. The van der Waals surface area contributed by atoms with Crippen molar-refractivity contribution in [3.8, 4) is 11.5 Å². The number of anilines is 1. The number of rotatable bonds is 10. The largest absolute Gasteiger partial charge is 0.493 e. The van der Waals surface area contributed by atoms with Gasteiger partial charge in [-0.2, -0.15) is 0 Å². The first-order valence-electron chi connectivity index (χ1n) is 13.2. The number of aliphatic hydroxyl groups is 1. The van der Waals surface area contributed by atoms with Crippen molar-refractivity contribution in [1.29, 1.82) is 0 Å². The number of carbonyl (C=O) groups excluding carboxylic acids is 1. The van der Waals surface area contributed by atoms with E-state index >= 15 is 0 Å². The average Bonchev–Trinajstić information content (AvgIpc) is 3.64. The van der Waals surface area contributed by atoms with Gasteiger partial charge >= 0.3 is 0 Å². The molecule has 1 aliphatic carbocycles. The number of ether oxygens (including phenoxy) is 2. The minimum absolute atomic E-state index is 0.145. The molecular weight excluding hydrogens is 482 g/mol. The predicted octanol–water partition coefficient (Wildman–Crippen LogP) is 3.22. The molecule has 1 aromatic heterocycles. The molecular formula is C27H34F2N4O4. The van der Waals surface area contributed by atoms with Gasteiger partial charge in [0.25, 0.3) is 0 Å². The Morgan fingerprint density at radius 1 is 1.08 bits per heavy atom. The molecule has 1 amide bonds. The van der Waals surface area contributed by atoms with Gasteiger partial charge in [0.05, 0.1) is 38.1 Å². The maximum atomic E-state index is 14.5. The van der Waals surface area contributed by atoms with Gasteiger partial charge in [-0.15, -0.1) is 0 Å². The summed E-state index contributed by atoms with van der Waals surface area (Å²) in [5.74, 6) is 1.55. The fourth-order valence-electron chi connectivity index (χ4n) is 5.50. The number of aromatic nitrogens is 2. The quantitative estimate of drug-likeness (QED) is 0.519. The number of benzene rings is 1. The maximum absolute atomic E-state index is 14.5. The number of hydrogen-bond donors (Lipinski definition) is 1. The van der Waals surface area contributed by atoms with Gasteiger partial charge in [0.1, 0.15) is 17.4 Å². The lowest BCUT2D eigenvalue weighted by Crippen LogP contribution is -2.54. The maximum Gasteiger partial charge on any atom is 0.227 e. The lowest BCUT2D eigenvalue weighted by molar-refractivity contribution is -0.140. The van der Waals surface area contributed by atoms with Crippen LogP contribution in [-0.4, -0.2) is 71.4 Å². The first-order valence-corrected chi connectivity index (χ1v) is 13.2. The van der Waals surface area contributed by atoms with Gasteiger partial charge in [0, 0.05) is 43.9 Å². The second-order valence-electron chi connectivity index (χ2n) is 10.3. The number of hydrogen-bond acceptors (Lipinski definition) is 7. The zero-order chi connectivity index (χ0) is 25.9. The Hall–Kier alpha value is -3.01. The second kappa shape index (κ2) is 11.2. The first-order chi connectivity index (χ1) is 17.9. The molecule has 3 aliphatic rings. The fourth-order valence-corrected chi connectivity index (χ4v) is 5.50. The van der Waals surface area contributed by atoms with Crippen LogP contribution in [0.1, 0.15) is 38.2 Å². The van der Waals surface area contributed by atoms with Crippen molar-refractivity contribution in [2.75, 3.05) is 44.3 Å². The molecule has 5 rings (SSSR count). The van der Waals surface area contributed by atoms with Gasteiger partial charge in [0.2, 0.25) is 11.9 Å². The summed E-state index contributed by atoms with van der Waals surface area (Å²) in [5.41, 5.74) is -0.261. The Labute approximate surface area is 215 Å². The minimum Gasteiger partial charge on any atom is -0.493 e. The van der Waals surface area contributed by atoms with Crippen molar-refractivity contribution in [2.45, 2.75) is 45.1 Å². The molecule has 37 heavy (non-hydrogen) atoms. The highest BCUT2D eigenvalue weighted by Crippen LogP contribution is 2.49. The van der Waals surface area contributed by atoms with Crippen molar-refractivity contribution in [3.05, 3.63) is 41.7 Å². The summed E-state index contributed by atoms with van der Waals surface area (Å²) < 4.78 is 40.1. The molecule has 0 spiro atoms. The zero-order valence-corrected chi connectivity index (χ0v) is 21.1. The summed E-state index contributed by atoms with van der Waals surface area (Å²) >= 11 is 0. The SMILES string of the molecule is CCOc1cnc(N2CCC([C@H]3C[C@H]3CCOc3cc(F)c(CC(=O)N4CC(O)C4)c(F)c3)CC2)nc1. The number of piperidine rings is 1. The van der Waals surface area contributed by atoms with E-state index in [1.165, 1.54) is 11.3 Å². The van der Waals surface area contributed by atoms with Crippen LogP contribution >= 0.6 is 0 Å². The second-order valence-corrected chi connectivity index (χ2v) is 10.3. The van der Waals surface area contributed by atoms with Crippen molar-refractivity contribution in [3.63, 3.8) is 0 Å². The number of amides is 1. The molecule has 8 nitrogen and oxygen atoms in total. The van der Waals surface area contributed by atoms with E-state index in [9.17, 15) is 18.7 Å². The van der Waals surface area contributed by atoms with E-state index in [1.54, 1.807) is 12.4 Å². The van der Waals surface area contributed by atoms with Crippen LogP contribution < -0.4 is 14.4 Å². The lowest BCUT2D eigenvalue weighted by atomic mass is 9.90. The van der Waals surface area contributed by atoms with Gasteiger partial charge < -0.3 is 24.4 Å². The standard InChI is InChI=1S/C27H34F2N4O4/c1-2-36-21-13-30-27(31-14-21)32-6-3-17(4-7-32)22-9-18(22)5-8-37-20-10-24(28)23(25(29)11-20)12-26(35)33-15-19(34)16-33/h10-11,13-14,17-19,22,34H,2-9,12,15-16H2,1H3/t18-,22-/m1/s1. The Balaban J connectivity index is 1.03. The lowest BCUT2D eigenvalue weighted by Gasteiger charge is -2.36. The number of aliphatic hydroxyl groups excluding tert-OH is 1. The van der Waals surface area contributed by atoms with Crippen molar-refractivity contribution in [1.82, 2.24) is 14.9 Å². The third-order valence-electron chi connectivity index (χ3n) is 7.75. The van der Waals surface area contributed by atoms with E-state index in [0.717, 1.165) is 50.4 Å². The molecule has 2 aromatic rings. The molecule has 0 unspecified atom stereocenters. The number of halogens is 2. The van der Waals surface area contributed by atoms with Crippen LogP contribution in [0.15, 0.2) is 24.5 Å². The summed E-state index contributed by atoms with van der Waals surface area (Å²) in [4.78, 5) is 24.6. The molecule has 3 fully saturated rings. The highest BCUT2D eigenvalue weighted by atomic mass is 19.1. The van der Waals surface area contributed by atoms with Crippen LogP contribution in [0, 0.1) is 29.4 Å². The van der Waals surface area contributed by atoms with Crippen LogP contribution in [0.4, 0.5) is 14.7 Å². The van der Waals surface area contributed by atoms with Crippen LogP contribution in [0.25, 0.3) is 0 Å². The van der Waals surface area contributed by atoms with Gasteiger partial charge in [-0.05, 0) is 50.4 Å². The molecule has 1 N–H and O–H groups in total. The van der Waals surface area contributed by atoms with E-state index in [1.807, 2.05) is 6.92 Å². The van der Waals surface area contributed by atoms with Crippen LogP contribution in [0.2, 0.25) is 0 Å². The van der Waals surface area contributed by atoms with Crippen molar-refractivity contribution < 1.29 is 28.2 Å². The Bertz CT molecular complexity index is 1070. The third kappa shape index (κ3) is 6.11. The molecule has 200 valence electrons. The minimum atomic E-state index is -0.781. The van der Waals surface area contributed by atoms with E-state index in [0.29, 0.717) is 36.7 Å². The number of nitrogens with zero attached hydrogens (tertiary/aromatic N) is 4. The summed E-state index contributed by atoms with van der Waals surface area (Å²) in [5, 5.41) is 9.30. The smallest absolute Gasteiger partial charge is 0.227 e. The summed E-state index contributed by atoms with van der Waals surface area (Å²) in [6.07, 6.45) is 6.76. The average molecular weight is 517 g/mol. The van der Waals surface area contributed by atoms with Crippen molar-refractivity contribution >= 4 is 11.9 Å². The molecule has 2 atom stereocenters. The van der Waals surface area contributed by atoms with E-state index < -0.39 is 23.6 Å².